The van der Waals surface area contributed by atoms with Gasteiger partial charge in [-0.15, -0.1) is 0 Å². The fourth-order valence-electron chi connectivity index (χ4n) is 3.53. The number of H-pyrrole nitrogens is 1. The number of nitrogens with zero attached hydrogens (tertiary/aromatic N) is 3. The number of carbonyl (C=O) groups is 1. The smallest absolute Gasteiger partial charge is 0.257 e. The number of anilines is 1. The van der Waals surface area contributed by atoms with E-state index in [0.29, 0.717) is 36.5 Å². The number of nitrogens with one attached hydrogen (secondary N) is 2. The van der Waals surface area contributed by atoms with Gasteiger partial charge in [0.05, 0.1) is 29.9 Å². The molecule has 164 valence electrons. The van der Waals surface area contributed by atoms with Crippen molar-refractivity contribution >= 4 is 32.7 Å². The first-order chi connectivity index (χ1) is 14.9. The van der Waals surface area contributed by atoms with Gasteiger partial charge in [-0.3, -0.25) is 9.59 Å². The number of sulfonamides is 1. The predicted octanol–water partition coefficient (Wildman–Crippen LogP) is 1.41. The van der Waals surface area contributed by atoms with E-state index in [1.807, 2.05) is 6.92 Å². The molecule has 11 heteroatoms. The van der Waals surface area contributed by atoms with Gasteiger partial charge in [-0.25, -0.2) is 13.1 Å². The molecule has 0 bridgehead atoms. The monoisotopic (exact) mass is 445 g/mol. The summed E-state index contributed by atoms with van der Waals surface area (Å²) in [6.45, 7) is 3.81. The van der Waals surface area contributed by atoms with Gasteiger partial charge in [0.2, 0.25) is 15.6 Å². The van der Waals surface area contributed by atoms with Gasteiger partial charge < -0.3 is 15.0 Å². The summed E-state index contributed by atoms with van der Waals surface area (Å²) in [5.41, 5.74) is 0.00571. The largest absolute Gasteiger partial charge is 0.379 e. The molecule has 2 N–H and O–H groups in total. The van der Waals surface area contributed by atoms with Crippen molar-refractivity contribution in [1.29, 1.82) is 0 Å². The average Bonchev–Trinajstić information content (AvgIpc) is 3.20. The highest BCUT2D eigenvalue weighted by Gasteiger charge is 2.27. The zero-order chi connectivity index (χ0) is 22.0. The predicted molar refractivity (Wildman–Crippen MR) is 115 cm³/mol. The maximum atomic E-state index is 13.0. The molecule has 0 radical (unpaired) electrons. The molecule has 31 heavy (non-hydrogen) atoms. The topological polar surface area (TPSA) is 126 Å². The van der Waals surface area contributed by atoms with E-state index in [9.17, 15) is 18.0 Å². The highest BCUT2D eigenvalue weighted by molar-refractivity contribution is 7.89. The van der Waals surface area contributed by atoms with Crippen molar-refractivity contribution < 1.29 is 17.9 Å². The fourth-order valence-corrected chi connectivity index (χ4v) is 4.96. The Morgan fingerprint density at radius 1 is 1.23 bits per heavy atom. The van der Waals surface area contributed by atoms with Crippen LogP contribution in [0.15, 0.2) is 46.2 Å². The number of aromatic amines is 1. The number of aromatic nitrogens is 3. The van der Waals surface area contributed by atoms with Crippen LogP contribution in [0, 0.1) is 0 Å². The van der Waals surface area contributed by atoms with Crippen molar-refractivity contribution in [2.75, 3.05) is 31.6 Å². The number of aryl methyl sites for hydroxylation is 1. The Hall–Kier alpha value is -3.02. The lowest BCUT2D eigenvalue weighted by molar-refractivity contribution is 0.0730. The molecular weight excluding hydrogens is 422 g/mol. The molecule has 0 saturated carbocycles. The Kier molecular flexibility index (Phi) is 5.90. The SMILES string of the molecule is CCCn1nccc1NC(=O)c1cc(=O)[nH]c2ccc(S(=O)(=O)N3CCOCC3)cc12. The minimum absolute atomic E-state index is 0.0547. The summed E-state index contributed by atoms with van der Waals surface area (Å²) in [4.78, 5) is 27.8. The van der Waals surface area contributed by atoms with Gasteiger partial charge in [0.1, 0.15) is 5.82 Å². The first-order valence-electron chi connectivity index (χ1n) is 9.98. The molecule has 0 unspecified atom stereocenters. The Morgan fingerprint density at radius 3 is 2.74 bits per heavy atom. The summed E-state index contributed by atoms with van der Waals surface area (Å²) in [5, 5.41) is 7.28. The van der Waals surface area contributed by atoms with Gasteiger partial charge in [-0.2, -0.15) is 9.40 Å². The summed E-state index contributed by atoms with van der Waals surface area (Å²) in [6.07, 6.45) is 2.41. The second kappa shape index (κ2) is 8.61. The van der Waals surface area contributed by atoms with Gasteiger partial charge >= 0.3 is 0 Å². The quantitative estimate of drug-likeness (QED) is 0.591. The molecule has 3 heterocycles. The van der Waals surface area contributed by atoms with Crippen LogP contribution in [0.2, 0.25) is 0 Å². The average molecular weight is 446 g/mol. The molecule has 2 aromatic heterocycles. The van der Waals surface area contributed by atoms with Crippen molar-refractivity contribution in [3.05, 3.63) is 52.4 Å². The van der Waals surface area contributed by atoms with E-state index in [1.54, 1.807) is 16.9 Å². The van der Waals surface area contributed by atoms with Crippen LogP contribution < -0.4 is 10.9 Å². The normalized spacial score (nSPS) is 15.3. The second-order valence-corrected chi connectivity index (χ2v) is 9.10. The van der Waals surface area contributed by atoms with Crippen molar-refractivity contribution in [3.63, 3.8) is 0 Å². The first kappa shape index (κ1) is 21.2. The number of rotatable bonds is 6. The maximum absolute atomic E-state index is 13.0. The van der Waals surface area contributed by atoms with Crippen LogP contribution in [0.5, 0.6) is 0 Å². The third-order valence-electron chi connectivity index (χ3n) is 5.06. The molecule has 1 fully saturated rings. The van der Waals surface area contributed by atoms with E-state index in [2.05, 4.69) is 15.4 Å². The molecular formula is C20H23N5O5S. The van der Waals surface area contributed by atoms with Gasteiger partial charge in [-0.1, -0.05) is 6.92 Å². The van der Waals surface area contributed by atoms with Gasteiger partial charge in [-0.05, 0) is 24.6 Å². The van der Waals surface area contributed by atoms with Crippen molar-refractivity contribution in [2.45, 2.75) is 24.8 Å². The summed E-state index contributed by atoms with van der Waals surface area (Å²) < 4.78 is 34.3. The summed E-state index contributed by atoms with van der Waals surface area (Å²) in [5.74, 6) is -0.0211. The van der Waals surface area contributed by atoms with Crippen molar-refractivity contribution in [2.24, 2.45) is 0 Å². The minimum Gasteiger partial charge on any atom is -0.379 e. The number of hydrogen-bond donors (Lipinski definition) is 2. The summed E-state index contributed by atoms with van der Waals surface area (Å²) in [7, 11) is -3.75. The first-order valence-corrected chi connectivity index (χ1v) is 11.4. The lowest BCUT2D eigenvalue weighted by atomic mass is 10.1. The Bertz CT molecular complexity index is 1270. The van der Waals surface area contributed by atoms with Crippen LogP contribution in [-0.4, -0.2) is 59.7 Å². The van der Waals surface area contributed by atoms with Crippen LogP contribution in [0.1, 0.15) is 23.7 Å². The van der Waals surface area contributed by atoms with Crippen LogP contribution in [0.3, 0.4) is 0 Å². The Labute approximate surface area is 178 Å². The number of pyridine rings is 1. The number of hydrogen-bond acceptors (Lipinski definition) is 6. The van der Waals surface area contributed by atoms with E-state index >= 15 is 0 Å². The number of fused-ring (bicyclic) bond motifs is 1. The van der Waals surface area contributed by atoms with E-state index in [4.69, 9.17) is 4.74 Å². The number of ether oxygens (including phenoxy) is 1. The van der Waals surface area contributed by atoms with Crippen LogP contribution in [0.4, 0.5) is 5.82 Å². The molecule has 0 spiro atoms. The third-order valence-corrected chi connectivity index (χ3v) is 6.96. The molecule has 1 saturated heterocycles. The van der Waals surface area contributed by atoms with Crippen molar-refractivity contribution in [3.8, 4) is 0 Å². The van der Waals surface area contributed by atoms with Gasteiger partial charge in [0, 0.05) is 42.7 Å². The molecule has 1 amide bonds. The lowest BCUT2D eigenvalue weighted by Gasteiger charge is -2.26. The number of benzene rings is 1. The second-order valence-electron chi connectivity index (χ2n) is 7.16. The molecule has 0 aliphatic carbocycles. The van der Waals surface area contributed by atoms with Crippen molar-refractivity contribution in [1.82, 2.24) is 19.1 Å². The highest BCUT2D eigenvalue weighted by Crippen LogP contribution is 2.24. The Morgan fingerprint density at radius 2 is 2.00 bits per heavy atom. The van der Waals surface area contributed by atoms with Crippen LogP contribution >= 0.6 is 0 Å². The number of morpholine rings is 1. The summed E-state index contributed by atoms with van der Waals surface area (Å²) >= 11 is 0. The van der Waals surface area contributed by atoms with E-state index in [0.717, 1.165) is 6.42 Å². The number of carbonyl (C=O) groups excluding carboxylic acids is 1. The zero-order valence-electron chi connectivity index (χ0n) is 17.0. The fraction of sp³-hybridized carbons (Fsp3) is 0.350. The van der Waals surface area contributed by atoms with E-state index < -0.39 is 21.5 Å². The number of amides is 1. The molecule has 4 rings (SSSR count). The van der Waals surface area contributed by atoms with Gasteiger partial charge in [0.15, 0.2) is 0 Å². The molecule has 10 nitrogen and oxygen atoms in total. The maximum Gasteiger partial charge on any atom is 0.257 e. The standard InChI is InChI=1S/C20H23N5O5S/c1-2-7-25-18(5-6-21-25)23-20(27)16-13-19(26)22-17-4-3-14(12-15(16)17)31(28,29)24-8-10-30-11-9-24/h3-6,12-13H,2,7-11H2,1H3,(H,22,26)(H,23,27). The van der Waals surface area contributed by atoms with E-state index in [-0.39, 0.29) is 23.5 Å². The molecule has 3 aromatic rings. The molecule has 0 atom stereocenters. The molecule has 1 aromatic carbocycles. The highest BCUT2D eigenvalue weighted by atomic mass is 32.2. The van der Waals surface area contributed by atoms with E-state index in [1.165, 1.54) is 28.6 Å². The van der Waals surface area contributed by atoms with Crippen LogP contribution in [-0.2, 0) is 21.3 Å². The van der Waals surface area contributed by atoms with Gasteiger partial charge in [0.25, 0.3) is 5.91 Å². The minimum atomic E-state index is -3.75. The molecule has 1 aliphatic rings. The lowest BCUT2D eigenvalue weighted by Crippen LogP contribution is -2.40. The zero-order valence-corrected chi connectivity index (χ0v) is 17.8. The molecule has 1 aliphatic heterocycles. The summed E-state index contributed by atoms with van der Waals surface area (Å²) in [6, 6.07) is 7.19. The Balaban J connectivity index is 1.74. The third kappa shape index (κ3) is 4.24. The van der Waals surface area contributed by atoms with Crippen LogP contribution in [0.25, 0.3) is 10.9 Å².